The monoisotopic (exact) mass is 184 g/mol. The van der Waals surface area contributed by atoms with Gasteiger partial charge in [0, 0.05) is 4.88 Å². The van der Waals surface area contributed by atoms with Gasteiger partial charge in [0.2, 0.25) is 0 Å². The van der Waals surface area contributed by atoms with E-state index in [2.05, 4.69) is 18.6 Å². The summed E-state index contributed by atoms with van der Waals surface area (Å²) in [4.78, 5) is 12.9. The zero-order chi connectivity index (χ0) is 9.14. The number of esters is 1. The Morgan fingerprint density at radius 2 is 2.17 bits per heavy atom. The molecule has 0 amide bonds. The van der Waals surface area contributed by atoms with Gasteiger partial charge in [-0.2, -0.15) is 0 Å². The molecule has 1 aromatic rings. The fourth-order valence-electron chi connectivity index (χ4n) is 0.873. The summed E-state index contributed by atoms with van der Waals surface area (Å²) in [5.41, 5.74) is 0. The van der Waals surface area contributed by atoms with Gasteiger partial charge in [-0.15, -0.1) is 11.3 Å². The first kappa shape index (κ1) is 9.26. The highest BCUT2D eigenvalue weighted by Gasteiger charge is 2.10. The van der Waals surface area contributed by atoms with Gasteiger partial charge in [0.15, 0.2) is 0 Å². The van der Waals surface area contributed by atoms with E-state index < -0.39 is 0 Å². The van der Waals surface area contributed by atoms with Crippen molar-refractivity contribution >= 4 is 17.3 Å². The molecule has 0 saturated heterocycles. The fourth-order valence-corrected chi connectivity index (χ4v) is 1.80. The lowest BCUT2D eigenvalue weighted by Crippen LogP contribution is -1.96. The Kier molecular flexibility index (Phi) is 2.87. The van der Waals surface area contributed by atoms with Gasteiger partial charge in [-0.3, -0.25) is 0 Å². The summed E-state index contributed by atoms with van der Waals surface area (Å²) in [6.45, 7) is 4.21. The molecule has 0 aliphatic rings. The van der Waals surface area contributed by atoms with Crippen LogP contribution in [0.3, 0.4) is 0 Å². The van der Waals surface area contributed by atoms with Crippen molar-refractivity contribution in [3.63, 3.8) is 0 Å². The van der Waals surface area contributed by atoms with E-state index in [0.29, 0.717) is 10.8 Å². The average molecular weight is 184 g/mol. The summed E-state index contributed by atoms with van der Waals surface area (Å²) in [7, 11) is 1.40. The molecule has 0 aliphatic heterocycles. The minimum absolute atomic E-state index is 0.244. The molecule has 66 valence electrons. The smallest absolute Gasteiger partial charge is 0.348 e. The van der Waals surface area contributed by atoms with E-state index in [4.69, 9.17) is 0 Å². The van der Waals surface area contributed by atoms with Gasteiger partial charge in [-0.1, -0.05) is 13.8 Å². The lowest BCUT2D eigenvalue weighted by molar-refractivity contribution is 0.0606. The quantitative estimate of drug-likeness (QED) is 0.660. The van der Waals surface area contributed by atoms with Crippen LogP contribution in [0, 0.1) is 0 Å². The molecule has 1 aromatic heterocycles. The maximum absolute atomic E-state index is 11.0. The molecule has 1 heterocycles. The van der Waals surface area contributed by atoms with Crippen LogP contribution < -0.4 is 0 Å². The van der Waals surface area contributed by atoms with Crippen molar-refractivity contribution < 1.29 is 9.53 Å². The Morgan fingerprint density at radius 3 is 2.58 bits per heavy atom. The normalized spacial score (nSPS) is 10.3. The van der Waals surface area contributed by atoms with E-state index in [-0.39, 0.29) is 5.97 Å². The van der Waals surface area contributed by atoms with E-state index >= 15 is 0 Å². The molecule has 0 N–H and O–H groups in total. The predicted molar refractivity (Wildman–Crippen MR) is 49.7 cm³/mol. The van der Waals surface area contributed by atoms with E-state index in [9.17, 15) is 4.79 Å². The zero-order valence-corrected chi connectivity index (χ0v) is 8.27. The molecule has 0 radical (unpaired) electrons. The van der Waals surface area contributed by atoms with Crippen LogP contribution in [0.4, 0.5) is 0 Å². The summed E-state index contributed by atoms with van der Waals surface area (Å²) >= 11 is 1.50. The third kappa shape index (κ3) is 1.85. The third-order valence-electron chi connectivity index (χ3n) is 1.58. The Labute approximate surface area is 76.2 Å². The van der Waals surface area contributed by atoms with Gasteiger partial charge >= 0.3 is 5.97 Å². The average Bonchev–Trinajstić information content (AvgIpc) is 2.51. The van der Waals surface area contributed by atoms with Crippen LogP contribution in [0.15, 0.2) is 12.1 Å². The summed E-state index contributed by atoms with van der Waals surface area (Å²) < 4.78 is 4.60. The summed E-state index contributed by atoms with van der Waals surface area (Å²) in [6.07, 6.45) is 0. The first-order valence-electron chi connectivity index (χ1n) is 3.83. The van der Waals surface area contributed by atoms with Crippen LogP contribution in [0.2, 0.25) is 0 Å². The summed E-state index contributed by atoms with van der Waals surface area (Å²) in [5, 5.41) is 0. The van der Waals surface area contributed by atoms with Crippen LogP contribution in [-0.4, -0.2) is 13.1 Å². The molecule has 0 unspecified atom stereocenters. The summed E-state index contributed by atoms with van der Waals surface area (Å²) in [5.74, 6) is 0.236. The number of methoxy groups -OCH3 is 1. The second-order valence-electron chi connectivity index (χ2n) is 2.85. The van der Waals surface area contributed by atoms with Gasteiger partial charge in [0.25, 0.3) is 0 Å². The highest BCUT2D eigenvalue weighted by Crippen LogP contribution is 2.24. The molecular weight excluding hydrogens is 172 g/mol. The fraction of sp³-hybridized carbons (Fsp3) is 0.444. The standard InChI is InChI=1S/C9H12O2S/c1-6(2)7-4-5-8(12-7)9(10)11-3/h4-6H,1-3H3. The highest BCUT2D eigenvalue weighted by atomic mass is 32.1. The van der Waals surface area contributed by atoms with E-state index in [1.165, 1.54) is 23.3 Å². The molecule has 0 fully saturated rings. The Hall–Kier alpha value is -0.830. The lowest BCUT2D eigenvalue weighted by Gasteiger charge is -1.97. The summed E-state index contributed by atoms with van der Waals surface area (Å²) in [6, 6.07) is 3.79. The lowest BCUT2D eigenvalue weighted by atomic mass is 10.2. The molecule has 0 saturated carbocycles. The van der Waals surface area contributed by atoms with Gasteiger partial charge < -0.3 is 4.74 Å². The molecule has 0 spiro atoms. The van der Waals surface area contributed by atoms with E-state index in [0.717, 1.165) is 0 Å². The van der Waals surface area contributed by atoms with Gasteiger partial charge in [-0.25, -0.2) is 4.79 Å². The molecular formula is C9H12O2S. The first-order valence-corrected chi connectivity index (χ1v) is 4.65. The maximum atomic E-state index is 11.0. The number of carbonyl (C=O) groups excluding carboxylic acids is 1. The minimum atomic E-state index is -0.244. The van der Waals surface area contributed by atoms with Crippen molar-refractivity contribution in [2.24, 2.45) is 0 Å². The third-order valence-corrected chi connectivity index (χ3v) is 2.95. The number of carbonyl (C=O) groups is 1. The number of thiophene rings is 1. The van der Waals surface area contributed by atoms with Crippen molar-refractivity contribution in [3.8, 4) is 0 Å². The molecule has 3 heteroatoms. The number of ether oxygens (including phenoxy) is 1. The molecule has 12 heavy (non-hydrogen) atoms. The highest BCUT2D eigenvalue weighted by molar-refractivity contribution is 7.14. The zero-order valence-electron chi connectivity index (χ0n) is 7.46. The van der Waals surface area contributed by atoms with Crippen LogP contribution in [0.25, 0.3) is 0 Å². The minimum Gasteiger partial charge on any atom is -0.465 e. The number of hydrogen-bond acceptors (Lipinski definition) is 3. The van der Waals surface area contributed by atoms with Crippen LogP contribution in [0.1, 0.15) is 34.3 Å². The van der Waals surface area contributed by atoms with Crippen molar-refractivity contribution in [2.75, 3.05) is 7.11 Å². The van der Waals surface area contributed by atoms with Crippen molar-refractivity contribution in [3.05, 3.63) is 21.9 Å². The Balaban J connectivity index is 2.84. The molecule has 0 atom stereocenters. The molecule has 2 nitrogen and oxygen atoms in total. The predicted octanol–water partition coefficient (Wildman–Crippen LogP) is 2.66. The first-order chi connectivity index (χ1) is 5.65. The molecule has 1 rings (SSSR count). The number of hydrogen-bond donors (Lipinski definition) is 0. The Morgan fingerprint density at radius 1 is 1.50 bits per heavy atom. The second-order valence-corrected chi connectivity index (χ2v) is 3.96. The van der Waals surface area contributed by atoms with Gasteiger partial charge in [0.1, 0.15) is 4.88 Å². The number of rotatable bonds is 2. The van der Waals surface area contributed by atoms with Crippen molar-refractivity contribution in [2.45, 2.75) is 19.8 Å². The molecule has 0 bridgehead atoms. The SMILES string of the molecule is COC(=O)c1ccc(C(C)C)s1. The van der Waals surface area contributed by atoms with Crippen LogP contribution in [0.5, 0.6) is 0 Å². The van der Waals surface area contributed by atoms with Crippen molar-refractivity contribution in [1.82, 2.24) is 0 Å². The van der Waals surface area contributed by atoms with E-state index in [1.54, 1.807) is 0 Å². The Bertz CT molecular complexity index is 276. The maximum Gasteiger partial charge on any atom is 0.348 e. The largest absolute Gasteiger partial charge is 0.465 e. The van der Waals surface area contributed by atoms with Crippen molar-refractivity contribution in [1.29, 1.82) is 0 Å². The van der Waals surface area contributed by atoms with Crippen LogP contribution >= 0.6 is 11.3 Å². The van der Waals surface area contributed by atoms with Gasteiger partial charge in [-0.05, 0) is 18.1 Å². The topological polar surface area (TPSA) is 26.3 Å². The molecule has 0 aliphatic carbocycles. The van der Waals surface area contributed by atoms with Crippen LogP contribution in [-0.2, 0) is 4.74 Å². The van der Waals surface area contributed by atoms with E-state index in [1.807, 2.05) is 12.1 Å². The van der Waals surface area contributed by atoms with Gasteiger partial charge in [0.05, 0.1) is 7.11 Å². The molecule has 0 aromatic carbocycles. The second kappa shape index (κ2) is 3.72.